The van der Waals surface area contributed by atoms with E-state index in [1.165, 1.54) is 38.4 Å². The number of piperidine rings is 1. The Labute approximate surface area is 183 Å². The second kappa shape index (κ2) is 10.5. The van der Waals surface area contributed by atoms with Crippen LogP contribution in [0.3, 0.4) is 0 Å². The number of halogens is 2. The maximum Gasteiger partial charge on any atom is 0.247 e. The monoisotopic (exact) mass is 437 g/mol. The number of likely N-dealkylation sites (tertiary alicyclic amines) is 1. The largest absolute Gasteiger partial charge is 0.339 e. The fourth-order valence-electron chi connectivity index (χ4n) is 4.00. The van der Waals surface area contributed by atoms with Gasteiger partial charge < -0.3 is 14.7 Å². The molecule has 2 aliphatic heterocycles. The van der Waals surface area contributed by atoms with Gasteiger partial charge in [-0.05, 0) is 69.6 Å². The van der Waals surface area contributed by atoms with Gasteiger partial charge in [0.05, 0.1) is 10.0 Å². The molecule has 2 fully saturated rings. The summed E-state index contributed by atoms with van der Waals surface area (Å²) in [5.41, 5.74) is 0.795. The van der Waals surface area contributed by atoms with Gasteiger partial charge in [0.1, 0.15) is 6.04 Å². The SMILES string of the molecule is C[C@H]1C(=O)N(CCCN2CCCCC2)CCN1C(=O)/C=C/c1ccc(Cl)c(Cl)c1. The van der Waals surface area contributed by atoms with Crippen LogP contribution in [0.2, 0.25) is 10.0 Å². The van der Waals surface area contributed by atoms with E-state index >= 15 is 0 Å². The first-order valence-electron chi connectivity index (χ1n) is 10.4. The van der Waals surface area contributed by atoms with Gasteiger partial charge in [-0.1, -0.05) is 35.7 Å². The first-order chi connectivity index (χ1) is 14.0. The van der Waals surface area contributed by atoms with E-state index < -0.39 is 6.04 Å². The zero-order valence-corrected chi connectivity index (χ0v) is 18.5. The van der Waals surface area contributed by atoms with Crippen LogP contribution in [0.25, 0.3) is 6.08 Å². The van der Waals surface area contributed by atoms with Crippen molar-refractivity contribution in [3.05, 3.63) is 39.9 Å². The third-order valence-electron chi connectivity index (χ3n) is 5.74. The van der Waals surface area contributed by atoms with E-state index in [1.54, 1.807) is 29.2 Å². The molecule has 1 aromatic rings. The van der Waals surface area contributed by atoms with Crippen molar-refractivity contribution in [2.75, 3.05) is 39.3 Å². The van der Waals surface area contributed by atoms with Gasteiger partial charge in [0.15, 0.2) is 0 Å². The van der Waals surface area contributed by atoms with Crippen molar-refractivity contribution < 1.29 is 9.59 Å². The molecule has 29 heavy (non-hydrogen) atoms. The maximum absolute atomic E-state index is 12.7. The summed E-state index contributed by atoms with van der Waals surface area (Å²) in [6, 6.07) is 4.77. The van der Waals surface area contributed by atoms with Crippen molar-refractivity contribution in [1.29, 1.82) is 0 Å². The first kappa shape index (κ1) is 22.1. The van der Waals surface area contributed by atoms with E-state index in [0.29, 0.717) is 23.1 Å². The van der Waals surface area contributed by atoms with Crippen LogP contribution in [0, 0.1) is 0 Å². The summed E-state index contributed by atoms with van der Waals surface area (Å²) in [5.74, 6) is -0.129. The lowest BCUT2D eigenvalue weighted by atomic mass is 10.1. The minimum Gasteiger partial charge on any atom is -0.339 e. The lowest BCUT2D eigenvalue weighted by Gasteiger charge is -2.39. The van der Waals surface area contributed by atoms with Crippen LogP contribution in [0.5, 0.6) is 0 Å². The van der Waals surface area contributed by atoms with Crippen molar-refractivity contribution in [1.82, 2.24) is 14.7 Å². The molecule has 2 amide bonds. The molecule has 0 bridgehead atoms. The standard InChI is InChI=1S/C22H29Cl2N3O2/c1-17-22(29)26(13-5-12-25-10-3-2-4-11-25)14-15-27(17)21(28)9-7-18-6-8-19(23)20(24)16-18/h6-9,16-17H,2-5,10-15H2,1H3/b9-7+/t17-/m0/s1. The quantitative estimate of drug-likeness (QED) is 0.632. The highest BCUT2D eigenvalue weighted by atomic mass is 35.5. The fourth-order valence-corrected chi connectivity index (χ4v) is 4.31. The van der Waals surface area contributed by atoms with Gasteiger partial charge in [-0.2, -0.15) is 0 Å². The summed E-state index contributed by atoms with van der Waals surface area (Å²) < 4.78 is 0. The Hall–Kier alpha value is -1.56. The summed E-state index contributed by atoms with van der Waals surface area (Å²) in [5, 5.41) is 0.925. The van der Waals surface area contributed by atoms with Crippen LogP contribution in [-0.2, 0) is 9.59 Å². The Morgan fingerprint density at radius 1 is 1.07 bits per heavy atom. The molecule has 7 heteroatoms. The molecule has 0 aliphatic carbocycles. The molecule has 0 aromatic heterocycles. The van der Waals surface area contributed by atoms with Crippen LogP contribution >= 0.6 is 23.2 Å². The molecule has 0 unspecified atom stereocenters. The first-order valence-corrected chi connectivity index (χ1v) is 11.2. The van der Waals surface area contributed by atoms with Crippen molar-refractivity contribution in [3.63, 3.8) is 0 Å². The van der Waals surface area contributed by atoms with Crippen molar-refractivity contribution in [2.24, 2.45) is 0 Å². The van der Waals surface area contributed by atoms with E-state index in [1.807, 2.05) is 11.8 Å². The van der Waals surface area contributed by atoms with Gasteiger partial charge in [0.2, 0.25) is 11.8 Å². The minimum atomic E-state index is -0.440. The molecular formula is C22H29Cl2N3O2. The second-order valence-electron chi connectivity index (χ2n) is 7.80. The number of carbonyl (C=O) groups excluding carboxylic acids is 2. The smallest absolute Gasteiger partial charge is 0.247 e. The molecular weight excluding hydrogens is 409 g/mol. The Balaban J connectivity index is 1.49. The summed E-state index contributed by atoms with van der Waals surface area (Å²) in [4.78, 5) is 31.4. The molecule has 5 nitrogen and oxygen atoms in total. The number of rotatable bonds is 6. The topological polar surface area (TPSA) is 43.9 Å². The van der Waals surface area contributed by atoms with Crippen LogP contribution in [-0.4, -0.2) is 71.8 Å². The maximum atomic E-state index is 12.7. The fraction of sp³-hybridized carbons (Fsp3) is 0.545. The molecule has 1 atom stereocenters. The summed E-state index contributed by atoms with van der Waals surface area (Å²) in [6.45, 7) is 7.13. The predicted octanol–water partition coefficient (Wildman–Crippen LogP) is 3.94. The number of piperazine rings is 1. The lowest BCUT2D eigenvalue weighted by Crippen LogP contribution is -2.57. The number of hydrogen-bond donors (Lipinski definition) is 0. The highest BCUT2D eigenvalue weighted by molar-refractivity contribution is 6.42. The minimum absolute atomic E-state index is 0.0335. The Kier molecular flexibility index (Phi) is 7.99. The second-order valence-corrected chi connectivity index (χ2v) is 8.61. The van der Waals surface area contributed by atoms with Gasteiger partial charge in [-0.3, -0.25) is 9.59 Å². The van der Waals surface area contributed by atoms with Crippen LogP contribution in [0.4, 0.5) is 0 Å². The van der Waals surface area contributed by atoms with Gasteiger partial charge in [-0.25, -0.2) is 0 Å². The Morgan fingerprint density at radius 3 is 2.55 bits per heavy atom. The van der Waals surface area contributed by atoms with Crippen LogP contribution in [0.1, 0.15) is 38.2 Å². The Morgan fingerprint density at radius 2 is 1.83 bits per heavy atom. The highest BCUT2D eigenvalue weighted by Gasteiger charge is 2.33. The van der Waals surface area contributed by atoms with Crippen LogP contribution < -0.4 is 0 Å². The number of carbonyl (C=O) groups is 2. The zero-order chi connectivity index (χ0) is 20.8. The molecule has 2 aliphatic rings. The summed E-state index contributed by atoms with van der Waals surface area (Å²) in [7, 11) is 0. The molecule has 0 radical (unpaired) electrons. The average molecular weight is 438 g/mol. The predicted molar refractivity (Wildman–Crippen MR) is 118 cm³/mol. The molecule has 158 valence electrons. The van der Waals surface area contributed by atoms with Crippen molar-refractivity contribution in [3.8, 4) is 0 Å². The number of hydrogen-bond acceptors (Lipinski definition) is 3. The number of nitrogens with zero attached hydrogens (tertiary/aromatic N) is 3. The molecule has 2 heterocycles. The van der Waals surface area contributed by atoms with E-state index in [-0.39, 0.29) is 11.8 Å². The van der Waals surface area contributed by atoms with Crippen molar-refractivity contribution in [2.45, 2.75) is 38.6 Å². The van der Waals surface area contributed by atoms with E-state index in [4.69, 9.17) is 23.2 Å². The summed E-state index contributed by atoms with van der Waals surface area (Å²) >= 11 is 11.9. The van der Waals surface area contributed by atoms with E-state index in [2.05, 4.69) is 4.90 Å². The molecule has 2 saturated heterocycles. The van der Waals surface area contributed by atoms with E-state index in [9.17, 15) is 9.59 Å². The van der Waals surface area contributed by atoms with Gasteiger partial charge in [0.25, 0.3) is 0 Å². The summed E-state index contributed by atoms with van der Waals surface area (Å²) in [6.07, 6.45) is 8.09. The molecule has 0 N–H and O–H groups in total. The number of amides is 2. The molecule has 0 spiro atoms. The van der Waals surface area contributed by atoms with Gasteiger partial charge >= 0.3 is 0 Å². The third kappa shape index (κ3) is 5.97. The lowest BCUT2D eigenvalue weighted by molar-refractivity contribution is -0.148. The Bertz CT molecular complexity index is 762. The molecule has 1 aromatic carbocycles. The van der Waals surface area contributed by atoms with Crippen LogP contribution in [0.15, 0.2) is 24.3 Å². The average Bonchev–Trinajstić information content (AvgIpc) is 2.72. The zero-order valence-electron chi connectivity index (χ0n) is 16.9. The highest BCUT2D eigenvalue weighted by Crippen LogP contribution is 2.23. The molecule has 0 saturated carbocycles. The van der Waals surface area contributed by atoms with E-state index in [0.717, 1.165) is 25.1 Å². The van der Waals surface area contributed by atoms with Gasteiger partial charge in [-0.15, -0.1) is 0 Å². The third-order valence-corrected chi connectivity index (χ3v) is 6.48. The van der Waals surface area contributed by atoms with Crippen molar-refractivity contribution >= 4 is 41.1 Å². The number of benzene rings is 1. The normalized spacial score (nSPS) is 21.2. The molecule has 3 rings (SSSR count). The van der Waals surface area contributed by atoms with Gasteiger partial charge in [0, 0.05) is 25.7 Å².